The Morgan fingerprint density at radius 3 is 2.54 bits per heavy atom. The Morgan fingerprint density at radius 2 is 1.88 bits per heavy atom. The molecule has 1 aromatic heterocycles. The monoisotopic (exact) mass is 359 g/mol. The SMILES string of the molecule is CCN(CC)CCNC(=O)c1cn(CC)c2cc3c(cc2c1=O)OCO3. The number of amides is 1. The van der Waals surface area contributed by atoms with Gasteiger partial charge in [-0.15, -0.1) is 0 Å². The second-order valence-corrected chi connectivity index (χ2v) is 6.16. The highest BCUT2D eigenvalue weighted by atomic mass is 16.7. The van der Waals surface area contributed by atoms with Gasteiger partial charge in [0.05, 0.1) is 10.9 Å². The Kier molecular flexibility index (Phi) is 5.46. The maximum absolute atomic E-state index is 12.9. The summed E-state index contributed by atoms with van der Waals surface area (Å²) in [5.41, 5.74) is 0.600. The standard InChI is InChI=1S/C19H25N3O4/c1-4-21(5-2)8-7-20-19(24)14-11-22(6-3)15-10-17-16(25-12-26-17)9-13(15)18(14)23/h9-11H,4-8,12H2,1-3H3,(H,20,24). The van der Waals surface area contributed by atoms with Crippen LogP contribution in [0.25, 0.3) is 10.9 Å². The quantitative estimate of drug-likeness (QED) is 0.816. The Labute approximate surface area is 152 Å². The van der Waals surface area contributed by atoms with Crippen LogP contribution in [0.3, 0.4) is 0 Å². The van der Waals surface area contributed by atoms with Crippen LogP contribution in [-0.2, 0) is 6.54 Å². The van der Waals surface area contributed by atoms with Gasteiger partial charge in [-0.2, -0.15) is 0 Å². The summed E-state index contributed by atoms with van der Waals surface area (Å²) in [4.78, 5) is 27.7. The lowest BCUT2D eigenvalue weighted by atomic mass is 10.1. The number of nitrogens with zero attached hydrogens (tertiary/aromatic N) is 2. The van der Waals surface area contributed by atoms with E-state index in [1.54, 1.807) is 18.3 Å². The van der Waals surface area contributed by atoms with Gasteiger partial charge in [-0.3, -0.25) is 9.59 Å². The summed E-state index contributed by atoms with van der Waals surface area (Å²) in [6, 6.07) is 3.46. The predicted octanol–water partition coefficient (Wildman–Crippen LogP) is 1.82. The van der Waals surface area contributed by atoms with E-state index in [0.29, 0.717) is 30.0 Å². The third-order valence-electron chi connectivity index (χ3n) is 4.77. The van der Waals surface area contributed by atoms with E-state index >= 15 is 0 Å². The first-order valence-electron chi connectivity index (χ1n) is 9.06. The van der Waals surface area contributed by atoms with Crippen molar-refractivity contribution in [3.63, 3.8) is 0 Å². The first kappa shape index (κ1) is 18.3. The highest BCUT2D eigenvalue weighted by Gasteiger charge is 2.20. The molecule has 0 radical (unpaired) electrons. The predicted molar refractivity (Wildman–Crippen MR) is 100 cm³/mol. The number of aromatic nitrogens is 1. The van der Waals surface area contributed by atoms with E-state index in [-0.39, 0.29) is 23.7 Å². The van der Waals surface area contributed by atoms with Crippen molar-refractivity contribution in [1.82, 2.24) is 14.8 Å². The number of rotatable bonds is 7. The summed E-state index contributed by atoms with van der Waals surface area (Å²) in [6.45, 7) is 10.0. The van der Waals surface area contributed by atoms with Gasteiger partial charge in [0.2, 0.25) is 12.2 Å². The van der Waals surface area contributed by atoms with Gasteiger partial charge in [-0.05, 0) is 26.1 Å². The van der Waals surface area contributed by atoms with Crippen LogP contribution in [0, 0.1) is 0 Å². The molecule has 3 rings (SSSR count). The van der Waals surface area contributed by atoms with Crippen molar-refractivity contribution in [2.24, 2.45) is 0 Å². The zero-order valence-electron chi connectivity index (χ0n) is 15.5. The van der Waals surface area contributed by atoms with Gasteiger partial charge in [-0.1, -0.05) is 13.8 Å². The highest BCUT2D eigenvalue weighted by Crippen LogP contribution is 2.35. The molecule has 1 N–H and O–H groups in total. The first-order valence-corrected chi connectivity index (χ1v) is 9.06. The zero-order chi connectivity index (χ0) is 18.7. The van der Waals surface area contributed by atoms with Crippen molar-refractivity contribution < 1.29 is 14.3 Å². The Bertz CT molecular complexity index is 871. The summed E-state index contributed by atoms with van der Waals surface area (Å²) < 4.78 is 12.7. The average Bonchev–Trinajstić information content (AvgIpc) is 3.11. The topological polar surface area (TPSA) is 72.8 Å². The van der Waals surface area contributed by atoms with Gasteiger partial charge in [0, 0.05) is 31.9 Å². The van der Waals surface area contributed by atoms with Crippen molar-refractivity contribution in [1.29, 1.82) is 0 Å². The minimum Gasteiger partial charge on any atom is -0.454 e. The molecule has 140 valence electrons. The number of aryl methyl sites for hydroxylation is 1. The van der Waals surface area contributed by atoms with Crippen LogP contribution in [0.1, 0.15) is 31.1 Å². The third kappa shape index (κ3) is 3.39. The van der Waals surface area contributed by atoms with Gasteiger partial charge in [0.1, 0.15) is 5.56 Å². The van der Waals surface area contributed by atoms with Gasteiger partial charge in [-0.25, -0.2) is 0 Å². The molecule has 1 aromatic carbocycles. The zero-order valence-corrected chi connectivity index (χ0v) is 15.5. The summed E-state index contributed by atoms with van der Waals surface area (Å²) in [6.07, 6.45) is 1.62. The summed E-state index contributed by atoms with van der Waals surface area (Å²) in [5.74, 6) is 0.816. The summed E-state index contributed by atoms with van der Waals surface area (Å²) in [5, 5.41) is 3.32. The largest absolute Gasteiger partial charge is 0.454 e. The number of hydrogen-bond acceptors (Lipinski definition) is 5. The number of benzene rings is 1. The molecule has 1 aliphatic heterocycles. The molecule has 0 aliphatic carbocycles. The number of hydrogen-bond donors (Lipinski definition) is 1. The summed E-state index contributed by atoms with van der Waals surface area (Å²) >= 11 is 0. The van der Waals surface area contributed by atoms with Crippen LogP contribution in [0.4, 0.5) is 0 Å². The van der Waals surface area contributed by atoms with Crippen molar-refractivity contribution >= 4 is 16.8 Å². The van der Waals surface area contributed by atoms with Crippen LogP contribution < -0.4 is 20.2 Å². The molecular formula is C19H25N3O4. The molecule has 1 aliphatic rings. The Morgan fingerprint density at radius 1 is 1.19 bits per heavy atom. The molecule has 26 heavy (non-hydrogen) atoms. The van der Waals surface area contributed by atoms with Gasteiger partial charge < -0.3 is 24.3 Å². The number of ether oxygens (including phenoxy) is 2. The molecule has 2 aromatic rings. The average molecular weight is 359 g/mol. The van der Waals surface area contributed by atoms with Gasteiger partial charge >= 0.3 is 0 Å². The normalized spacial score (nSPS) is 12.8. The molecule has 7 heteroatoms. The second kappa shape index (κ2) is 7.78. The molecule has 0 atom stereocenters. The molecule has 0 unspecified atom stereocenters. The third-order valence-corrected chi connectivity index (χ3v) is 4.77. The number of nitrogens with one attached hydrogen (secondary N) is 1. The van der Waals surface area contributed by atoms with Crippen LogP contribution >= 0.6 is 0 Å². The van der Waals surface area contributed by atoms with Crippen molar-refractivity contribution in [2.45, 2.75) is 27.3 Å². The van der Waals surface area contributed by atoms with E-state index in [1.807, 2.05) is 11.5 Å². The van der Waals surface area contributed by atoms with E-state index in [1.165, 1.54) is 0 Å². The molecule has 0 spiro atoms. The molecule has 0 fully saturated rings. The Hall–Kier alpha value is -2.54. The summed E-state index contributed by atoms with van der Waals surface area (Å²) in [7, 11) is 0. The lowest BCUT2D eigenvalue weighted by molar-refractivity contribution is 0.0947. The number of fused-ring (bicyclic) bond motifs is 2. The molecule has 0 saturated heterocycles. The minimum atomic E-state index is -0.344. The van der Waals surface area contributed by atoms with Crippen LogP contribution in [0.15, 0.2) is 23.1 Å². The van der Waals surface area contributed by atoms with Crippen LogP contribution in [-0.4, -0.2) is 48.3 Å². The van der Waals surface area contributed by atoms with Crippen LogP contribution in [0.2, 0.25) is 0 Å². The second-order valence-electron chi connectivity index (χ2n) is 6.16. The molecule has 0 bridgehead atoms. The number of likely N-dealkylation sites (N-methyl/N-ethyl adjacent to an activating group) is 1. The number of carbonyl (C=O) groups excluding carboxylic acids is 1. The van der Waals surface area contributed by atoms with E-state index in [0.717, 1.165) is 25.2 Å². The fourth-order valence-electron chi connectivity index (χ4n) is 3.17. The molecule has 7 nitrogen and oxygen atoms in total. The highest BCUT2D eigenvalue weighted by molar-refractivity contribution is 5.97. The van der Waals surface area contributed by atoms with Gasteiger partial charge in [0.25, 0.3) is 5.91 Å². The maximum atomic E-state index is 12.9. The molecule has 1 amide bonds. The van der Waals surface area contributed by atoms with E-state index in [4.69, 9.17) is 9.47 Å². The number of carbonyl (C=O) groups is 1. The number of pyridine rings is 1. The van der Waals surface area contributed by atoms with Crippen molar-refractivity contribution in [3.8, 4) is 11.5 Å². The maximum Gasteiger partial charge on any atom is 0.256 e. The lowest BCUT2D eigenvalue weighted by Crippen LogP contribution is -2.36. The fourth-order valence-corrected chi connectivity index (χ4v) is 3.17. The van der Waals surface area contributed by atoms with E-state index in [2.05, 4.69) is 24.1 Å². The van der Waals surface area contributed by atoms with Gasteiger partial charge in [0.15, 0.2) is 11.5 Å². The van der Waals surface area contributed by atoms with Crippen molar-refractivity contribution in [3.05, 3.63) is 34.1 Å². The molecular weight excluding hydrogens is 334 g/mol. The fraction of sp³-hybridized carbons (Fsp3) is 0.474. The lowest BCUT2D eigenvalue weighted by Gasteiger charge is -2.18. The van der Waals surface area contributed by atoms with Crippen LogP contribution in [0.5, 0.6) is 11.5 Å². The Balaban J connectivity index is 1.91. The van der Waals surface area contributed by atoms with Crippen molar-refractivity contribution in [2.75, 3.05) is 33.0 Å². The van der Waals surface area contributed by atoms with E-state index < -0.39 is 0 Å². The van der Waals surface area contributed by atoms with E-state index in [9.17, 15) is 9.59 Å². The molecule has 0 saturated carbocycles. The smallest absolute Gasteiger partial charge is 0.256 e. The minimum absolute atomic E-state index is 0.144. The first-order chi connectivity index (χ1) is 12.6. The molecule has 2 heterocycles.